The van der Waals surface area contributed by atoms with E-state index in [-0.39, 0.29) is 30.5 Å². The molecule has 1 heterocycles. The number of anilines is 2. The molecule has 0 saturated carbocycles. The Morgan fingerprint density at radius 2 is 1.61 bits per heavy atom. The number of rotatable bonds is 6. The zero-order chi connectivity index (χ0) is 22.5. The van der Waals surface area contributed by atoms with E-state index in [2.05, 4.69) is 15.7 Å². The number of carbonyl (C=O) groups is 2. The van der Waals surface area contributed by atoms with Crippen LogP contribution in [0.4, 0.5) is 11.4 Å². The summed E-state index contributed by atoms with van der Waals surface area (Å²) in [5.74, 6) is -0.665. The third-order valence-corrected chi connectivity index (χ3v) is 5.09. The van der Waals surface area contributed by atoms with Crippen molar-refractivity contribution in [1.29, 1.82) is 0 Å². The van der Waals surface area contributed by atoms with Gasteiger partial charge in [0.1, 0.15) is 12.2 Å². The average molecular weight is 418 g/mol. The highest BCUT2D eigenvalue weighted by atomic mass is 16.2. The molecule has 0 bridgehead atoms. The highest BCUT2D eigenvalue weighted by molar-refractivity contribution is 5.92. The molecule has 0 radical (unpaired) electrons. The maximum atomic E-state index is 12.9. The van der Waals surface area contributed by atoms with Crippen molar-refractivity contribution in [1.82, 2.24) is 9.78 Å². The van der Waals surface area contributed by atoms with E-state index in [1.54, 1.807) is 13.0 Å². The van der Waals surface area contributed by atoms with Gasteiger partial charge >= 0.3 is 0 Å². The van der Waals surface area contributed by atoms with Gasteiger partial charge in [-0.05, 0) is 44.0 Å². The number of carbonyl (C=O) groups excluding carboxylic acids is 2. The van der Waals surface area contributed by atoms with Crippen molar-refractivity contribution < 1.29 is 9.59 Å². The largest absolute Gasteiger partial charge is 0.324 e. The van der Waals surface area contributed by atoms with Gasteiger partial charge in [0.25, 0.3) is 5.56 Å². The first-order chi connectivity index (χ1) is 14.8. The summed E-state index contributed by atoms with van der Waals surface area (Å²) in [5, 5.41) is 9.84. The SMILES string of the molecule is CCC(=O)Nc1cc(-c2ccc(C)cc2)nn(CC(=O)Nc2cccc(C)c2C)c1=O. The summed E-state index contributed by atoms with van der Waals surface area (Å²) in [6.45, 7) is 7.29. The van der Waals surface area contributed by atoms with E-state index < -0.39 is 5.56 Å². The number of hydrogen-bond acceptors (Lipinski definition) is 4. The molecular weight excluding hydrogens is 392 g/mol. The number of nitrogens with one attached hydrogen (secondary N) is 2. The van der Waals surface area contributed by atoms with Gasteiger partial charge in [-0.1, -0.05) is 48.9 Å². The molecule has 0 atom stereocenters. The van der Waals surface area contributed by atoms with E-state index in [4.69, 9.17) is 0 Å². The van der Waals surface area contributed by atoms with Crippen molar-refractivity contribution in [3.63, 3.8) is 0 Å². The van der Waals surface area contributed by atoms with Gasteiger partial charge in [0, 0.05) is 17.7 Å². The topological polar surface area (TPSA) is 93.1 Å². The smallest absolute Gasteiger partial charge is 0.291 e. The van der Waals surface area contributed by atoms with Gasteiger partial charge in [0.05, 0.1) is 5.69 Å². The Balaban J connectivity index is 1.96. The highest BCUT2D eigenvalue weighted by Gasteiger charge is 2.15. The summed E-state index contributed by atoms with van der Waals surface area (Å²) >= 11 is 0. The first-order valence-electron chi connectivity index (χ1n) is 10.1. The number of hydrogen-bond donors (Lipinski definition) is 2. The Hall–Kier alpha value is -3.74. The normalized spacial score (nSPS) is 10.6. The fourth-order valence-corrected chi connectivity index (χ4v) is 3.05. The standard InChI is InChI=1S/C24H26N4O3/c1-5-22(29)26-21-13-20(18-11-9-15(2)10-12-18)27-28(24(21)31)14-23(30)25-19-8-6-7-16(3)17(19)4/h6-13H,5,14H2,1-4H3,(H,25,30)(H,26,29). The molecule has 31 heavy (non-hydrogen) atoms. The summed E-state index contributed by atoms with van der Waals surface area (Å²) in [5.41, 5.74) is 4.62. The summed E-state index contributed by atoms with van der Waals surface area (Å²) in [4.78, 5) is 37.5. The minimum absolute atomic E-state index is 0.0944. The molecule has 0 aliphatic heterocycles. The number of aromatic nitrogens is 2. The van der Waals surface area contributed by atoms with Crippen molar-refractivity contribution in [2.75, 3.05) is 10.6 Å². The summed E-state index contributed by atoms with van der Waals surface area (Å²) < 4.78 is 1.08. The number of nitrogens with zero attached hydrogens (tertiary/aromatic N) is 2. The third-order valence-electron chi connectivity index (χ3n) is 5.09. The zero-order valence-electron chi connectivity index (χ0n) is 18.2. The van der Waals surface area contributed by atoms with Crippen LogP contribution in [0.3, 0.4) is 0 Å². The monoisotopic (exact) mass is 418 g/mol. The van der Waals surface area contributed by atoms with Gasteiger partial charge in [-0.25, -0.2) is 4.68 Å². The predicted molar refractivity (Wildman–Crippen MR) is 122 cm³/mol. The molecule has 2 N–H and O–H groups in total. The van der Waals surface area contributed by atoms with Crippen LogP contribution >= 0.6 is 0 Å². The Kier molecular flexibility index (Phi) is 6.65. The summed E-state index contributed by atoms with van der Waals surface area (Å²) in [6, 6.07) is 14.8. The fourth-order valence-electron chi connectivity index (χ4n) is 3.05. The van der Waals surface area contributed by atoms with Gasteiger partial charge in [0.15, 0.2) is 0 Å². The van der Waals surface area contributed by atoms with E-state index in [1.165, 1.54) is 0 Å². The molecule has 2 amide bonds. The Bertz CT molecular complexity index is 1180. The number of aryl methyl sites for hydroxylation is 2. The van der Waals surface area contributed by atoms with Crippen molar-refractivity contribution in [2.24, 2.45) is 0 Å². The molecule has 0 unspecified atom stereocenters. The lowest BCUT2D eigenvalue weighted by molar-refractivity contribution is -0.117. The highest BCUT2D eigenvalue weighted by Crippen LogP contribution is 2.20. The van der Waals surface area contributed by atoms with Crippen LogP contribution in [0.2, 0.25) is 0 Å². The van der Waals surface area contributed by atoms with Crippen LogP contribution in [0, 0.1) is 20.8 Å². The van der Waals surface area contributed by atoms with Crippen molar-refractivity contribution >= 4 is 23.2 Å². The van der Waals surface area contributed by atoms with Crippen LogP contribution in [-0.4, -0.2) is 21.6 Å². The van der Waals surface area contributed by atoms with Crippen LogP contribution in [0.15, 0.2) is 53.3 Å². The lowest BCUT2D eigenvalue weighted by Gasteiger charge is -2.13. The van der Waals surface area contributed by atoms with Crippen LogP contribution in [0.25, 0.3) is 11.3 Å². The molecule has 7 heteroatoms. The maximum absolute atomic E-state index is 12.9. The second-order valence-electron chi connectivity index (χ2n) is 7.47. The molecular formula is C24H26N4O3. The van der Waals surface area contributed by atoms with Crippen LogP contribution in [-0.2, 0) is 16.1 Å². The molecule has 0 aliphatic rings. The van der Waals surface area contributed by atoms with Crippen molar-refractivity contribution in [3.05, 3.63) is 75.6 Å². The van der Waals surface area contributed by atoms with Crippen LogP contribution in [0.5, 0.6) is 0 Å². The third kappa shape index (κ3) is 5.25. The van der Waals surface area contributed by atoms with Gasteiger partial charge in [-0.3, -0.25) is 14.4 Å². The quantitative estimate of drug-likeness (QED) is 0.636. The zero-order valence-corrected chi connectivity index (χ0v) is 18.2. The first-order valence-corrected chi connectivity index (χ1v) is 10.1. The van der Waals surface area contributed by atoms with Gasteiger partial charge < -0.3 is 10.6 Å². The van der Waals surface area contributed by atoms with Crippen molar-refractivity contribution in [2.45, 2.75) is 40.7 Å². The fraction of sp³-hybridized carbons (Fsp3) is 0.250. The summed E-state index contributed by atoms with van der Waals surface area (Å²) in [6.07, 6.45) is 0.231. The molecule has 3 rings (SSSR count). The lowest BCUT2D eigenvalue weighted by atomic mass is 10.1. The van der Waals surface area contributed by atoms with Gasteiger partial charge in [-0.2, -0.15) is 5.10 Å². The molecule has 3 aromatic rings. The molecule has 7 nitrogen and oxygen atoms in total. The Morgan fingerprint density at radius 3 is 2.29 bits per heavy atom. The van der Waals surface area contributed by atoms with Crippen molar-refractivity contribution in [3.8, 4) is 11.3 Å². The van der Waals surface area contributed by atoms with E-state index in [0.717, 1.165) is 26.9 Å². The van der Waals surface area contributed by atoms with E-state index in [9.17, 15) is 14.4 Å². The van der Waals surface area contributed by atoms with Gasteiger partial charge in [-0.15, -0.1) is 0 Å². The lowest BCUT2D eigenvalue weighted by Crippen LogP contribution is -2.32. The predicted octanol–water partition coefficient (Wildman–Crippen LogP) is 3.82. The average Bonchev–Trinajstić information content (AvgIpc) is 2.74. The van der Waals surface area contributed by atoms with Crippen LogP contribution < -0.4 is 16.2 Å². The Labute approximate surface area is 181 Å². The number of amides is 2. The van der Waals surface area contributed by atoms with Crippen LogP contribution in [0.1, 0.15) is 30.0 Å². The molecule has 160 valence electrons. The molecule has 0 aliphatic carbocycles. The summed E-state index contributed by atoms with van der Waals surface area (Å²) in [7, 11) is 0. The first kappa shape index (κ1) is 22.0. The minimum atomic E-state index is -0.534. The van der Waals surface area contributed by atoms with E-state index >= 15 is 0 Å². The second-order valence-corrected chi connectivity index (χ2v) is 7.47. The number of benzene rings is 2. The maximum Gasteiger partial charge on any atom is 0.291 e. The molecule has 2 aromatic carbocycles. The van der Waals surface area contributed by atoms with E-state index in [1.807, 2.05) is 63.2 Å². The minimum Gasteiger partial charge on any atom is -0.324 e. The molecule has 1 aromatic heterocycles. The molecule has 0 spiro atoms. The molecule has 0 fully saturated rings. The Morgan fingerprint density at radius 1 is 0.935 bits per heavy atom. The second kappa shape index (κ2) is 9.38. The van der Waals surface area contributed by atoms with Gasteiger partial charge in [0.2, 0.25) is 11.8 Å². The van der Waals surface area contributed by atoms with E-state index in [0.29, 0.717) is 11.4 Å². The molecule has 0 saturated heterocycles.